The van der Waals surface area contributed by atoms with Gasteiger partial charge in [0.05, 0.1) is 11.4 Å². The van der Waals surface area contributed by atoms with Crippen LogP contribution in [0, 0.1) is 5.92 Å². The fourth-order valence-electron chi connectivity index (χ4n) is 2.96. The molecule has 0 saturated heterocycles. The third kappa shape index (κ3) is 2.86. The van der Waals surface area contributed by atoms with E-state index in [1.54, 1.807) is 0 Å². The molecule has 0 bridgehead atoms. The Kier molecular flexibility index (Phi) is 4.03. The topological polar surface area (TPSA) is 15.3 Å². The van der Waals surface area contributed by atoms with Crippen LogP contribution in [0.2, 0.25) is 0 Å². The lowest BCUT2D eigenvalue weighted by Crippen LogP contribution is -2.43. The summed E-state index contributed by atoms with van der Waals surface area (Å²) in [6.45, 7) is 2.35. The Morgan fingerprint density at radius 1 is 0.850 bits per heavy atom. The Morgan fingerprint density at radius 3 is 1.85 bits per heavy atom. The number of hydrogen-bond donors (Lipinski definition) is 1. The highest BCUT2D eigenvalue weighted by Crippen LogP contribution is 2.29. The van der Waals surface area contributed by atoms with E-state index in [2.05, 4.69) is 78.0 Å². The average molecular weight is 266 g/mol. The van der Waals surface area contributed by atoms with E-state index in [4.69, 9.17) is 0 Å². The van der Waals surface area contributed by atoms with Gasteiger partial charge in [0.15, 0.2) is 0 Å². The summed E-state index contributed by atoms with van der Waals surface area (Å²) in [5.74, 6) is 0.741. The second-order valence-electron chi connectivity index (χ2n) is 5.65. The van der Waals surface area contributed by atoms with Crippen LogP contribution in [0.3, 0.4) is 0 Å². The molecule has 3 rings (SSSR count). The predicted octanol–water partition coefficient (Wildman–Crippen LogP) is 4.52. The van der Waals surface area contributed by atoms with E-state index in [0.717, 1.165) is 5.92 Å². The number of hydrogen-bond acceptors (Lipinski definition) is 2. The average Bonchev–Trinajstić information content (AvgIpc) is 2.92. The van der Waals surface area contributed by atoms with Gasteiger partial charge in [-0.05, 0) is 43.0 Å². The van der Waals surface area contributed by atoms with Crippen molar-refractivity contribution in [3.05, 3.63) is 60.7 Å². The van der Waals surface area contributed by atoms with E-state index in [9.17, 15) is 0 Å². The summed E-state index contributed by atoms with van der Waals surface area (Å²) in [5, 5.41) is 2.23. The van der Waals surface area contributed by atoms with Crippen molar-refractivity contribution in [1.82, 2.24) is 5.43 Å². The van der Waals surface area contributed by atoms with Crippen molar-refractivity contribution in [3.8, 4) is 0 Å². The molecule has 1 saturated carbocycles. The van der Waals surface area contributed by atoms with Crippen molar-refractivity contribution in [1.29, 1.82) is 0 Å². The van der Waals surface area contributed by atoms with Crippen LogP contribution in [-0.2, 0) is 0 Å². The van der Waals surface area contributed by atoms with Crippen LogP contribution in [0.5, 0.6) is 0 Å². The number of para-hydroxylation sites is 2. The lowest BCUT2D eigenvalue weighted by Gasteiger charge is -2.31. The molecule has 2 aromatic rings. The zero-order chi connectivity index (χ0) is 13.8. The molecule has 1 fully saturated rings. The first-order valence-electron chi connectivity index (χ1n) is 7.51. The monoisotopic (exact) mass is 266 g/mol. The molecule has 2 heteroatoms. The van der Waals surface area contributed by atoms with Crippen molar-refractivity contribution in [2.75, 3.05) is 5.01 Å². The molecule has 104 valence electrons. The Balaban J connectivity index is 1.88. The summed E-state index contributed by atoms with van der Waals surface area (Å²) >= 11 is 0. The summed E-state index contributed by atoms with van der Waals surface area (Å²) in [6, 6.07) is 21.6. The fraction of sp³-hybridized carbons (Fsp3) is 0.333. The van der Waals surface area contributed by atoms with Gasteiger partial charge in [0.25, 0.3) is 0 Å². The van der Waals surface area contributed by atoms with Crippen molar-refractivity contribution in [2.45, 2.75) is 32.2 Å². The van der Waals surface area contributed by atoms with Crippen LogP contribution >= 0.6 is 0 Å². The maximum absolute atomic E-state index is 3.73. The summed E-state index contributed by atoms with van der Waals surface area (Å²) in [6.07, 6.45) is 3.92. The van der Waals surface area contributed by atoms with E-state index in [1.807, 2.05) is 0 Å². The van der Waals surface area contributed by atoms with Crippen LogP contribution in [0.15, 0.2) is 60.7 Å². The maximum Gasteiger partial charge on any atom is 0.0577 e. The molecule has 0 unspecified atom stereocenters. The largest absolute Gasteiger partial charge is 0.277 e. The molecule has 1 aliphatic carbocycles. The normalized spacial score (nSPS) is 21.9. The minimum absolute atomic E-state index is 0.565. The molecular weight excluding hydrogens is 244 g/mol. The zero-order valence-electron chi connectivity index (χ0n) is 12.0. The van der Waals surface area contributed by atoms with Crippen LogP contribution in [0.25, 0.3) is 0 Å². The molecule has 0 heterocycles. The molecule has 0 amide bonds. The molecule has 1 N–H and O–H groups in total. The van der Waals surface area contributed by atoms with Crippen LogP contribution in [0.1, 0.15) is 26.2 Å². The summed E-state index contributed by atoms with van der Waals surface area (Å²) in [5.41, 5.74) is 6.12. The third-order valence-electron chi connectivity index (χ3n) is 4.19. The van der Waals surface area contributed by atoms with Crippen molar-refractivity contribution in [2.24, 2.45) is 5.92 Å². The van der Waals surface area contributed by atoms with E-state index in [1.165, 1.54) is 30.6 Å². The highest BCUT2D eigenvalue weighted by Gasteiger charge is 2.25. The number of rotatable bonds is 4. The summed E-state index contributed by atoms with van der Waals surface area (Å²) in [4.78, 5) is 0. The van der Waals surface area contributed by atoms with Crippen molar-refractivity contribution >= 4 is 11.4 Å². The number of nitrogens with one attached hydrogen (secondary N) is 1. The second-order valence-corrected chi connectivity index (χ2v) is 5.65. The number of hydrazine groups is 1. The Bertz CT molecular complexity index is 484. The first-order chi connectivity index (χ1) is 9.84. The minimum Gasteiger partial charge on any atom is -0.277 e. The third-order valence-corrected chi connectivity index (χ3v) is 4.19. The van der Waals surface area contributed by atoms with Crippen LogP contribution in [-0.4, -0.2) is 6.04 Å². The molecule has 2 atom stereocenters. The highest BCUT2D eigenvalue weighted by atomic mass is 15.5. The fourth-order valence-corrected chi connectivity index (χ4v) is 2.96. The summed E-state index contributed by atoms with van der Waals surface area (Å²) in [7, 11) is 0. The predicted molar refractivity (Wildman–Crippen MR) is 85.0 cm³/mol. The van der Waals surface area contributed by atoms with Crippen LogP contribution < -0.4 is 10.4 Å². The van der Waals surface area contributed by atoms with Crippen molar-refractivity contribution in [3.63, 3.8) is 0 Å². The van der Waals surface area contributed by atoms with Crippen molar-refractivity contribution < 1.29 is 0 Å². The van der Waals surface area contributed by atoms with E-state index in [0.29, 0.717) is 6.04 Å². The number of nitrogens with zero attached hydrogens (tertiary/aromatic N) is 1. The van der Waals surface area contributed by atoms with Gasteiger partial charge in [-0.2, -0.15) is 0 Å². The number of benzene rings is 2. The van der Waals surface area contributed by atoms with Gasteiger partial charge in [-0.3, -0.25) is 5.01 Å². The van der Waals surface area contributed by atoms with Gasteiger partial charge in [0.1, 0.15) is 0 Å². The molecule has 1 aliphatic rings. The molecule has 0 aromatic heterocycles. The summed E-state index contributed by atoms with van der Waals surface area (Å²) < 4.78 is 0. The highest BCUT2D eigenvalue weighted by molar-refractivity contribution is 5.61. The first-order valence-corrected chi connectivity index (χ1v) is 7.51. The van der Waals surface area contributed by atoms with Gasteiger partial charge in [-0.1, -0.05) is 49.7 Å². The van der Waals surface area contributed by atoms with E-state index >= 15 is 0 Å². The molecule has 0 radical (unpaired) electrons. The van der Waals surface area contributed by atoms with E-state index < -0.39 is 0 Å². The lowest BCUT2D eigenvalue weighted by atomic mass is 10.1. The van der Waals surface area contributed by atoms with Gasteiger partial charge in [-0.25, -0.2) is 5.43 Å². The lowest BCUT2D eigenvalue weighted by molar-refractivity contribution is 0.432. The van der Waals surface area contributed by atoms with Gasteiger partial charge in [-0.15, -0.1) is 0 Å². The standard InChI is InChI=1S/C18H22N2/c1-15-9-8-14-18(15)19-20(16-10-4-2-5-11-16)17-12-6-3-7-13-17/h2-7,10-13,15,18-19H,8-9,14H2,1H3/t15-,18-/m1/s1. The van der Waals surface area contributed by atoms with Gasteiger partial charge >= 0.3 is 0 Å². The van der Waals surface area contributed by atoms with Gasteiger partial charge in [0, 0.05) is 6.04 Å². The Morgan fingerprint density at radius 2 is 1.40 bits per heavy atom. The van der Waals surface area contributed by atoms with Crippen LogP contribution in [0.4, 0.5) is 11.4 Å². The molecule has 0 aliphatic heterocycles. The second kappa shape index (κ2) is 6.10. The quantitative estimate of drug-likeness (QED) is 0.819. The number of anilines is 2. The molecule has 2 nitrogen and oxygen atoms in total. The minimum atomic E-state index is 0.565. The Hall–Kier alpha value is -1.80. The smallest absolute Gasteiger partial charge is 0.0577 e. The molecule has 20 heavy (non-hydrogen) atoms. The van der Waals surface area contributed by atoms with E-state index in [-0.39, 0.29) is 0 Å². The SMILES string of the molecule is C[C@@H]1CCC[C@H]1NN(c1ccccc1)c1ccccc1. The maximum atomic E-state index is 3.73. The molecule has 2 aromatic carbocycles. The Labute approximate surface area is 121 Å². The van der Waals surface area contributed by atoms with Gasteiger partial charge in [0.2, 0.25) is 0 Å². The van der Waals surface area contributed by atoms with Gasteiger partial charge < -0.3 is 0 Å². The molecule has 0 spiro atoms. The zero-order valence-corrected chi connectivity index (χ0v) is 12.0. The molecular formula is C18H22N2. The first kappa shape index (κ1) is 13.2.